The van der Waals surface area contributed by atoms with Gasteiger partial charge < -0.3 is 10.6 Å². The first kappa shape index (κ1) is 31.0. The van der Waals surface area contributed by atoms with Crippen LogP contribution in [0.4, 0.5) is 17.6 Å². The van der Waals surface area contributed by atoms with Crippen molar-refractivity contribution in [1.82, 2.24) is 14.9 Å². The van der Waals surface area contributed by atoms with E-state index in [1.54, 1.807) is 0 Å². The number of nitrogens with one attached hydrogen (secondary N) is 2. The van der Waals surface area contributed by atoms with Crippen molar-refractivity contribution in [2.24, 2.45) is 22.2 Å². The molecule has 1 heterocycles. The Bertz CT molecular complexity index is 1530. The molecular weight excluding hydrogens is 596 g/mol. The third kappa shape index (κ3) is 5.42. The van der Waals surface area contributed by atoms with Crippen molar-refractivity contribution in [1.29, 1.82) is 0 Å². The van der Waals surface area contributed by atoms with Crippen molar-refractivity contribution in [3.8, 4) is 0 Å². The summed E-state index contributed by atoms with van der Waals surface area (Å²) in [4.78, 5) is 18.2. The lowest BCUT2D eigenvalue weighted by Crippen LogP contribution is -2.79. The van der Waals surface area contributed by atoms with Crippen molar-refractivity contribution in [2.45, 2.75) is 87.5 Å². The molecule has 4 aliphatic carbocycles. The first-order chi connectivity index (χ1) is 20.7. The Morgan fingerprint density at radius 2 is 1.70 bits per heavy atom. The van der Waals surface area contributed by atoms with Crippen LogP contribution >= 0.6 is 0 Å². The number of sulfonamides is 1. The second-order valence-electron chi connectivity index (χ2n) is 13.7. The van der Waals surface area contributed by atoms with Gasteiger partial charge in [-0.1, -0.05) is 32.4 Å². The van der Waals surface area contributed by atoms with E-state index >= 15 is 0 Å². The lowest BCUT2D eigenvalue weighted by Gasteiger charge is -2.73. The van der Waals surface area contributed by atoms with Gasteiger partial charge in [-0.25, -0.2) is 12.8 Å². The average molecular weight is 635 g/mol. The van der Waals surface area contributed by atoms with Gasteiger partial charge in [-0.3, -0.25) is 9.79 Å². The van der Waals surface area contributed by atoms with Gasteiger partial charge in [0.25, 0.3) is 0 Å². The molecule has 4 saturated carbocycles. The Hall–Kier alpha value is -2.99. The summed E-state index contributed by atoms with van der Waals surface area (Å²) in [6.07, 6.45) is 0.948. The fourth-order valence-electron chi connectivity index (χ4n) is 7.41. The summed E-state index contributed by atoms with van der Waals surface area (Å²) in [5.41, 5.74) is -2.42. The molecule has 2 aromatic carbocycles. The van der Waals surface area contributed by atoms with Gasteiger partial charge >= 0.3 is 6.18 Å². The first-order valence-corrected chi connectivity index (χ1v) is 16.7. The lowest BCUT2D eigenvalue weighted by atomic mass is 9.38. The van der Waals surface area contributed by atoms with E-state index in [1.165, 1.54) is 35.0 Å². The summed E-state index contributed by atoms with van der Waals surface area (Å²) < 4.78 is 82.4. The number of hydrogen-bond donors (Lipinski definition) is 2. The van der Waals surface area contributed by atoms with Gasteiger partial charge in [-0.2, -0.15) is 17.5 Å². The third-order valence-corrected chi connectivity index (χ3v) is 11.8. The monoisotopic (exact) mass is 634 g/mol. The SMILES string of the molecule is CC(C)CC1(C(=O)NCC2CCC2)CN=C(C23CC(N(Cc4ccc(C(F)(F)F)cc4)S(=O)(=O)c4ccc(F)cc4)(C2)C3)N1. The fourth-order valence-corrected chi connectivity index (χ4v) is 9.17. The first-order valence-electron chi connectivity index (χ1n) is 15.2. The standard InChI is InChI=1S/C32H38F4N4O3S/c1-21(2)14-31(28(41)37-15-22-4-3-5-22)20-38-27(39-31)29-17-30(18-29,19-29)40(44(42,43)26-12-10-25(33)11-13-26)16-23-6-8-24(9-7-23)32(34,35)36/h6-13,21-22H,3-5,14-20H2,1-2H3,(H,37,41)(H,38,39). The Balaban J connectivity index is 1.22. The molecule has 0 spiro atoms. The molecule has 2 bridgehead atoms. The smallest absolute Gasteiger partial charge is 0.358 e. The lowest BCUT2D eigenvalue weighted by molar-refractivity contribution is -0.151. The zero-order chi connectivity index (χ0) is 31.5. The van der Waals surface area contributed by atoms with Crippen molar-refractivity contribution in [3.63, 3.8) is 0 Å². The van der Waals surface area contributed by atoms with E-state index < -0.39 is 44.1 Å². The molecule has 1 aliphatic heterocycles. The average Bonchev–Trinajstić information content (AvgIpc) is 3.30. The largest absolute Gasteiger partial charge is 0.416 e. The normalized spacial score (nSPS) is 28.1. The number of amidine groups is 1. The zero-order valence-electron chi connectivity index (χ0n) is 24.9. The molecular formula is C32H38F4N4O3S. The maximum Gasteiger partial charge on any atom is 0.416 e. The number of nitrogens with zero attached hydrogens (tertiary/aromatic N) is 2. The third-order valence-electron chi connectivity index (χ3n) is 9.87. The van der Waals surface area contributed by atoms with Crippen LogP contribution in [-0.2, 0) is 27.5 Å². The minimum absolute atomic E-state index is 0.0546. The van der Waals surface area contributed by atoms with E-state index in [4.69, 9.17) is 4.99 Å². The molecule has 1 unspecified atom stereocenters. The summed E-state index contributed by atoms with van der Waals surface area (Å²) in [5, 5.41) is 6.64. The van der Waals surface area contributed by atoms with Crippen molar-refractivity contribution in [2.75, 3.05) is 13.1 Å². The number of halogens is 4. The Kier molecular flexibility index (Phi) is 7.63. The summed E-state index contributed by atoms with van der Waals surface area (Å²) in [6, 6.07) is 9.05. The van der Waals surface area contributed by atoms with Crippen LogP contribution in [0.3, 0.4) is 0 Å². The van der Waals surface area contributed by atoms with E-state index in [0.717, 1.165) is 42.9 Å². The maximum absolute atomic E-state index is 14.0. The molecule has 5 aliphatic rings. The number of rotatable bonds is 11. The van der Waals surface area contributed by atoms with Crippen LogP contribution in [0.5, 0.6) is 0 Å². The molecule has 4 fully saturated rings. The Morgan fingerprint density at radius 1 is 1.07 bits per heavy atom. The van der Waals surface area contributed by atoms with Crippen molar-refractivity contribution < 1.29 is 30.8 Å². The summed E-state index contributed by atoms with van der Waals surface area (Å²) in [7, 11) is -4.13. The highest BCUT2D eigenvalue weighted by Gasteiger charge is 2.75. The zero-order valence-corrected chi connectivity index (χ0v) is 25.7. The van der Waals surface area contributed by atoms with Gasteiger partial charge in [-0.05, 0) is 92.3 Å². The van der Waals surface area contributed by atoms with E-state index in [0.29, 0.717) is 50.3 Å². The number of benzene rings is 2. The number of aliphatic imine (C=N–C) groups is 1. The summed E-state index contributed by atoms with van der Waals surface area (Å²) in [5.74, 6) is 0.863. The molecule has 238 valence electrons. The highest BCUT2D eigenvalue weighted by Crippen LogP contribution is 2.71. The van der Waals surface area contributed by atoms with Gasteiger partial charge in [-0.15, -0.1) is 0 Å². The minimum Gasteiger partial charge on any atom is -0.358 e. The molecule has 7 nitrogen and oxygen atoms in total. The number of hydrogen-bond acceptors (Lipinski definition) is 5. The second-order valence-corrected chi connectivity index (χ2v) is 15.5. The van der Waals surface area contributed by atoms with E-state index in [-0.39, 0.29) is 23.3 Å². The summed E-state index contributed by atoms with van der Waals surface area (Å²) in [6.45, 7) is 4.97. The van der Waals surface area contributed by atoms with Gasteiger partial charge in [0, 0.05) is 24.0 Å². The predicted molar refractivity (Wildman–Crippen MR) is 158 cm³/mol. The molecule has 2 N–H and O–H groups in total. The second kappa shape index (κ2) is 10.8. The molecule has 0 saturated heterocycles. The quantitative estimate of drug-likeness (QED) is 0.312. The van der Waals surface area contributed by atoms with Crippen LogP contribution in [0, 0.1) is 23.1 Å². The van der Waals surface area contributed by atoms with Crippen molar-refractivity contribution in [3.05, 3.63) is 65.5 Å². The molecule has 0 aromatic heterocycles. The van der Waals surface area contributed by atoms with Crippen LogP contribution in [0.2, 0.25) is 0 Å². The number of alkyl halides is 3. The van der Waals surface area contributed by atoms with Gasteiger partial charge in [0.15, 0.2) is 0 Å². The van der Waals surface area contributed by atoms with Gasteiger partial charge in [0.05, 0.1) is 17.0 Å². The van der Waals surface area contributed by atoms with Gasteiger partial charge in [0.1, 0.15) is 17.2 Å². The molecule has 2 aromatic rings. The predicted octanol–water partition coefficient (Wildman–Crippen LogP) is 5.66. The van der Waals surface area contributed by atoms with E-state index in [9.17, 15) is 30.8 Å². The topological polar surface area (TPSA) is 90.9 Å². The maximum atomic E-state index is 14.0. The van der Waals surface area contributed by atoms with E-state index in [2.05, 4.69) is 24.5 Å². The molecule has 0 radical (unpaired) electrons. The van der Waals surface area contributed by atoms with Crippen LogP contribution in [0.25, 0.3) is 0 Å². The van der Waals surface area contributed by atoms with Crippen molar-refractivity contribution >= 4 is 21.8 Å². The molecule has 1 atom stereocenters. The minimum atomic E-state index is -4.51. The highest BCUT2D eigenvalue weighted by molar-refractivity contribution is 7.89. The van der Waals surface area contributed by atoms with Crippen LogP contribution < -0.4 is 10.6 Å². The van der Waals surface area contributed by atoms with Crippen LogP contribution in [0.1, 0.15) is 69.9 Å². The fraction of sp³-hybridized carbons (Fsp3) is 0.562. The van der Waals surface area contributed by atoms with Gasteiger partial charge in [0.2, 0.25) is 15.9 Å². The highest BCUT2D eigenvalue weighted by atomic mass is 32.2. The van der Waals surface area contributed by atoms with E-state index in [1.807, 2.05) is 0 Å². The van der Waals surface area contributed by atoms with Crippen LogP contribution in [-0.4, -0.2) is 48.6 Å². The summed E-state index contributed by atoms with van der Waals surface area (Å²) >= 11 is 0. The molecule has 12 heteroatoms. The number of amides is 1. The Labute approximate surface area is 255 Å². The molecule has 1 amide bonds. The molecule has 44 heavy (non-hydrogen) atoms. The number of carbonyl (C=O) groups excluding carboxylic acids is 1. The molecule has 7 rings (SSSR count). The number of carbonyl (C=O) groups is 1. The Morgan fingerprint density at radius 3 is 2.25 bits per heavy atom. The van der Waals surface area contributed by atoms with Crippen LogP contribution in [0.15, 0.2) is 58.4 Å².